The van der Waals surface area contributed by atoms with Crippen LogP contribution in [0.1, 0.15) is 36.4 Å². The Bertz CT molecular complexity index is 827. The zero-order valence-electron chi connectivity index (χ0n) is 13.1. The largest absolute Gasteiger partial charge is 0.381 e. The number of hydrogen-bond donors (Lipinski definition) is 4. The molecule has 2 aliphatic heterocycles. The van der Waals surface area contributed by atoms with E-state index in [0.29, 0.717) is 6.54 Å². The molecular formula is C16H19N5OS. The summed E-state index contributed by atoms with van der Waals surface area (Å²) in [6.45, 7) is 4.95. The normalized spacial score (nSPS) is 22.3. The van der Waals surface area contributed by atoms with Crippen LogP contribution in [0.15, 0.2) is 17.1 Å². The Labute approximate surface area is 138 Å². The van der Waals surface area contributed by atoms with Gasteiger partial charge in [-0.1, -0.05) is 13.3 Å². The fraction of sp³-hybridized carbons (Fsp3) is 0.375. The summed E-state index contributed by atoms with van der Waals surface area (Å²) in [5.41, 5.74) is 8.56. The highest BCUT2D eigenvalue weighted by atomic mass is 32.1. The molecule has 1 aromatic carbocycles. The van der Waals surface area contributed by atoms with Crippen molar-refractivity contribution >= 4 is 50.7 Å². The molecular weight excluding hydrogens is 310 g/mol. The summed E-state index contributed by atoms with van der Waals surface area (Å²) in [7, 11) is 0. The van der Waals surface area contributed by atoms with Crippen molar-refractivity contribution in [1.29, 1.82) is 0 Å². The molecule has 1 amide bonds. The zero-order valence-corrected chi connectivity index (χ0v) is 13.9. The van der Waals surface area contributed by atoms with Gasteiger partial charge in [-0.2, -0.15) is 0 Å². The van der Waals surface area contributed by atoms with Crippen molar-refractivity contribution in [1.82, 2.24) is 10.7 Å². The Kier molecular flexibility index (Phi) is 3.19. The van der Waals surface area contributed by atoms with Crippen LogP contribution in [0.5, 0.6) is 0 Å². The van der Waals surface area contributed by atoms with E-state index in [1.54, 1.807) is 6.34 Å². The maximum absolute atomic E-state index is 12.7. The molecule has 1 aromatic heterocycles. The summed E-state index contributed by atoms with van der Waals surface area (Å²) in [5, 5.41) is 7.74. The molecule has 0 saturated heterocycles. The van der Waals surface area contributed by atoms with Crippen LogP contribution in [0.3, 0.4) is 0 Å². The Hall–Kier alpha value is -2.28. The number of nitrogens with zero attached hydrogens (tertiary/aromatic N) is 1. The van der Waals surface area contributed by atoms with E-state index in [4.69, 9.17) is 0 Å². The monoisotopic (exact) mass is 329 g/mol. The van der Waals surface area contributed by atoms with E-state index >= 15 is 0 Å². The molecule has 0 aliphatic carbocycles. The van der Waals surface area contributed by atoms with Crippen LogP contribution in [0.2, 0.25) is 0 Å². The molecule has 2 aromatic rings. The molecule has 6 nitrogen and oxygen atoms in total. The molecule has 4 rings (SSSR count). The maximum Gasteiger partial charge on any atom is 0.264 e. The van der Waals surface area contributed by atoms with Gasteiger partial charge in [0.1, 0.15) is 11.2 Å². The Morgan fingerprint density at radius 2 is 2.22 bits per heavy atom. The van der Waals surface area contributed by atoms with Gasteiger partial charge in [-0.3, -0.25) is 15.6 Å². The molecule has 0 fully saturated rings. The lowest BCUT2D eigenvalue weighted by Crippen LogP contribution is -2.48. The Morgan fingerprint density at radius 3 is 3.04 bits per heavy atom. The van der Waals surface area contributed by atoms with Crippen LogP contribution < -0.4 is 21.5 Å². The van der Waals surface area contributed by atoms with Gasteiger partial charge in [0.25, 0.3) is 5.91 Å². The number of hydrogen-bond acceptors (Lipinski definition) is 6. The third kappa shape index (κ3) is 2.23. The summed E-state index contributed by atoms with van der Waals surface area (Å²) in [6, 6.07) is 3.99. The second-order valence-electron chi connectivity index (χ2n) is 6.28. The number of carbonyl (C=O) groups is 1. The van der Waals surface area contributed by atoms with Gasteiger partial charge in [0.15, 0.2) is 0 Å². The van der Waals surface area contributed by atoms with Gasteiger partial charge in [0.05, 0.1) is 22.6 Å². The van der Waals surface area contributed by atoms with Crippen molar-refractivity contribution in [3.05, 3.63) is 17.0 Å². The summed E-state index contributed by atoms with van der Waals surface area (Å²) in [4.78, 5) is 17.8. The second kappa shape index (κ2) is 5.13. The van der Waals surface area contributed by atoms with Gasteiger partial charge >= 0.3 is 0 Å². The summed E-state index contributed by atoms with van der Waals surface area (Å²) < 4.78 is 1.07. The van der Waals surface area contributed by atoms with E-state index in [0.717, 1.165) is 44.9 Å². The number of amides is 1. The number of rotatable bonds is 2. The number of hydrazine groups is 1. The van der Waals surface area contributed by atoms with Crippen LogP contribution in [0, 0.1) is 0 Å². The minimum atomic E-state index is -0.227. The average Bonchev–Trinajstić information content (AvgIpc) is 2.87. The third-order valence-electron chi connectivity index (χ3n) is 4.38. The molecule has 1 atom stereocenters. The minimum Gasteiger partial charge on any atom is -0.381 e. The number of aliphatic imine (C=N–C) groups is 1. The molecule has 4 N–H and O–H groups in total. The van der Waals surface area contributed by atoms with E-state index in [1.807, 2.05) is 12.1 Å². The van der Waals surface area contributed by atoms with E-state index in [-0.39, 0.29) is 11.4 Å². The lowest BCUT2D eigenvalue weighted by atomic mass is 9.96. The lowest BCUT2D eigenvalue weighted by molar-refractivity contribution is 0.0915. The Balaban J connectivity index is 1.87. The fourth-order valence-corrected chi connectivity index (χ4v) is 4.39. The van der Waals surface area contributed by atoms with Gasteiger partial charge in [0, 0.05) is 16.6 Å². The SMILES string of the molecule is CCCC1(C)CNc2c(sc3ccc4c(c23)NNC=N4)C(=O)N1. The van der Waals surface area contributed by atoms with Crippen molar-refractivity contribution in [2.45, 2.75) is 32.2 Å². The lowest BCUT2D eigenvalue weighted by Gasteiger charge is -2.28. The standard InChI is InChI=1S/C16H19N5OS/c1-3-6-16(2)7-17-13-11-10(23-14(13)15(22)20-16)5-4-9-12(11)21-19-8-18-9/h4-5,8,17,21H,3,6-7H2,1-2H3,(H,18,19)(H,20,22). The Morgan fingerprint density at radius 1 is 1.35 bits per heavy atom. The van der Waals surface area contributed by atoms with Crippen LogP contribution in [0.4, 0.5) is 17.1 Å². The van der Waals surface area contributed by atoms with Crippen LogP contribution in [-0.2, 0) is 0 Å². The molecule has 3 heterocycles. The molecule has 1 unspecified atom stereocenters. The van der Waals surface area contributed by atoms with E-state index in [1.165, 1.54) is 11.3 Å². The van der Waals surface area contributed by atoms with Crippen LogP contribution in [0.25, 0.3) is 10.1 Å². The van der Waals surface area contributed by atoms with E-state index in [9.17, 15) is 4.79 Å². The van der Waals surface area contributed by atoms with Crippen molar-refractivity contribution in [3.63, 3.8) is 0 Å². The van der Waals surface area contributed by atoms with Crippen molar-refractivity contribution in [3.8, 4) is 0 Å². The van der Waals surface area contributed by atoms with Gasteiger partial charge in [-0.25, -0.2) is 4.99 Å². The first kappa shape index (κ1) is 14.3. The maximum atomic E-state index is 12.7. The molecule has 2 aliphatic rings. The van der Waals surface area contributed by atoms with Crippen molar-refractivity contribution < 1.29 is 4.79 Å². The van der Waals surface area contributed by atoms with Gasteiger partial charge in [-0.05, 0) is 25.5 Å². The van der Waals surface area contributed by atoms with E-state index < -0.39 is 0 Å². The zero-order chi connectivity index (χ0) is 16.0. The van der Waals surface area contributed by atoms with Crippen LogP contribution in [-0.4, -0.2) is 24.3 Å². The third-order valence-corrected chi connectivity index (χ3v) is 5.53. The predicted octanol–water partition coefficient (Wildman–Crippen LogP) is 3.21. The number of fused-ring (bicyclic) bond motifs is 5. The highest BCUT2D eigenvalue weighted by Gasteiger charge is 2.33. The highest BCUT2D eigenvalue weighted by Crippen LogP contribution is 2.45. The quantitative estimate of drug-likeness (QED) is 0.682. The summed E-state index contributed by atoms with van der Waals surface area (Å²) >= 11 is 1.52. The van der Waals surface area contributed by atoms with Crippen molar-refractivity contribution in [2.24, 2.45) is 4.99 Å². The number of nitrogens with one attached hydrogen (secondary N) is 4. The predicted molar refractivity (Wildman–Crippen MR) is 96.0 cm³/mol. The topological polar surface area (TPSA) is 77.5 Å². The highest BCUT2D eigenvalue weighted by molar-refractivity contribution is 7.21. The smallest absolute Gasteiger partial charge is 0.264 e. The molecule has 0 spiro atoms. The summed E-state index contributed by atoms with van der Waals surface area (Å²) in [5.74, 6) is 0.00294. The fourth-order valence-electron chi connectivity index (χ4n) is 3.31. The first-order chi connectivity index (χ1) is 11.1. The molecule has 120 valence electrons. The number of carbonyl (C=O) groups excluding carboxylic acids is 1. The summed E-state index contributed by atoms with van der Waals surface area (Å²) in [6.07, 6.45) is 3.60. The first-order valence-electron chi connectivity index (χ1n) is 7.81. The van der Waals surface area contributed by atoms with Crippen LogP contribution >= 0.6 is 11.3 Å². The number of anilines is 2. The van der Waals surface area contributed by atoms with Gasteiger partial charge in [0.2, 0.25) is 0 Å². The molecule has 0 saturated carbocycles. The molecule has 23 heavy (non-hydrogen) atoms. The molecule has 0 bridgehead atoms. The average molecular weight is 329 g/mol. The molecule has 0 radical (unpaired) electrons. The molecule has 7 heteroatoms. The number of benzene rings is 1. The minimum absolute atomic E-state index is 0.00294. The van der Waals surface area contributed by atoms with E-state index in [2.05, 4.69) is 40.3 Å². The van der Waals surface area contributed by atoms with Gasteiger partial charge < -0.3 is 10.6 Å². The van der Waals surface area contributed by atoms with Crippen molar-refractivity contribution in [2.75, 3.05) is 17.3 Å². The second-order valence-corrected chi connectivity index (χ2v) is 7.34. The number of thiophene rings is 1. The first-order valence-corrected chi connectivity index (χ1v) is 8.63. The van der Waals surface area contributed by atoms with Gasteiger partial charge in [-0.15, -0.1) is 11.3 Å².